The zero-order valence-electron chi connectivity index (χ0n) is 11.5. The van der Waals surface area contributed by atoms with Gasteiger partial charge in [0.1, 0.15) is 5.39 Å². The Bertz CT molecular complexity index is 689. The predicted molar refractivity (Wildman–Crippen MR) is 80.2 cm³/mol. The minimum Gasteiger partial charge on any atom is -0.353 e. The first-order valence-corrected chi connectivity index (χ1v) is 8.06. The van der Waals surface area contributed by atoms with Gasteiger partial charge in [-0.15, -0.1) is 0 Å². The van der Waals surface area contributed by atoms with Crippen molar-refractivity contribution < 1.29 is 4.79 Å². The molecule has 0 aromatic carbocycles. The van der Waals surface area contributed by atoms with Gasteiger partial charge in [-0.2, -0.15) is 5.10 Å². The maximum absolute atomic E-state index is 11.9. The first-order valence-electron chi connectivity index (χ1n) is 7.08. The van der Waals surface area contributed by atoms with Gasteiger partial charge in [0.05, 0.1) is 11.9 Å². The first kappa shape index (κ1) is 14.1. The number of nitrogens with zero attached hydrogens (tertiary/aromatic N) is 2. The fourth-order valence-corrected chi connectivity index (χ4v) is 3.22. The average molecular weight is 307 g/mol. The summed E-state index contributed by atoms with van der Waals surface area (Å²) in [7, 11) is 0. The van der Waals surface area contributed by atoms with E-state index in [4.69, 9.17) is 0 Å². The number of hydrogen-bond acceptors (Lipinski definition) is 5. The van der Waals surface area contributed by atoms with E-state index in [-0.39, 0.29) is 17.2 Å². The van der Waals surface area contributed by atoms with Gasteiger partial charge in [0.15, 0.2) is 10.8 Å². The number of aromatic nitrogens is 4. The molecule has 0 bridgehead atoms. The minimum absolute atomic E-state index is 0.0146. The summed E-state index contributed by atoms with van der Waals surface area (Å²) in [4.78, 5) is 30.5. The fourth-order valence-electron chi connectivity index (χ4n) is 2.54. The van der Waals surface area contributed by atoms with E-state index in [0.717, 1.165) is 12.8 Å². The van der Waals surface area contributed by atoms with Gasteiger partial charge in [0, 0.05) is 6.04 Å². The van der Waals surface area contributed by atoms with E-state index in [1.54, 1.807) is 0 Å². The molecule has 0 atom stereocenters. The van der Waals surface area contributed by atoms with Crippen molar-refractivity contribution in [2.75, 3.05) is 5.75 Å². The Hall–Kier alpha value is -1.83. The number of thioether (sulfide) groups is 1. The Kier molecular flexibility index (Phi) is 4.23. The van der Waals surface area contributed by atoms with Gasteiger partial charge in [0.2, 0.25) is 5.91 Å². The zero-order chi connectivity index (χ0) is 14.7. The normalized spacial score (nSPS) is 16.2. The first-order chi connectivity index (χ1) is 10.2. The molecule has 8 heteroatoms. The summed E-state index contributed by atoms with van der Waals surface area (Å²) in [5, 5.41) is 10.3. The minimum atomic E-state index is -0.246. The average Bonchev–Trinajstić information content (AvgIpc) is 2.95. The molecule has 2 heterocycles. The van der Waals surface area contributed by atoms with Crippen LogP contribution in [0, 0.1) is 0 Å². The molecule has 3 rings (SSSR count). The topological polar surface area (TPSA) is 104 Å². The van der Waals surface area contributed by atoms with Crippen molar-refractivity contribution in [3.8, 4) is 0 Å². The zero-order valence-corrected chi connectivity index (χ0v) is 12.3. The molecule has 0 saturated heterocycles. The van der Waals surface area contributed by atoms with Crippen LogP contribution in [0.3, 0.4) is 0 Å². The van der Waals surface area contributed by atoms with E-state index >= 15 is 0 Å². The molecule has 2 aromatic heterocycles. The molecule has 1 amide bonds. The van der Waals surface area contributed by atoms with Gasteiger partial charge in [-0.3, -0.25) is 14.7 Å². The summed E-state index contributed by atoms with van der Waals surface area (Å²) in [6.07, 6.45) is 7.19. The lowest BCUT2D eigenvalue weighted by atomic mass is 9.95. The fraction of sp³-hybridized carbons (Fsp3) is 0.538. The number of nitrogens with one attached hydrogen (secondary N) is 3. The molecule has 0 aliphatic heterocycles. The molecule has 1 fully saturated rings. The van der Waals surface area contributed by atoms with Crippen LogP contribution in [0.15, 0.2) is 16.1 Å². The van der Waals surface area contributed by atoms with E-state index in [1.165, 1.54) is 37.2 Å². The highest BCUT2D eigenvalue weighted by Gasteiger charge is 2.16. The predicted octanol–water partition coefficient (Wildman–Crippen LogP) is 1.19. The number of H-pyrrole nitrogens is 2. The summed E-state index contributed by atoms with van der Waals surface area (Å²) in [6, 6.07) is 0.300. The highest BCUT2D eigenvalue weighted by molar-refractivity contribution is 7.99. The van der Waals surface area contributed by atoms with Gasteiger partial charge in [-0.25, -0.2) is 4.98 Å². The quantitative estimate of drug-likeness (QED) is 0.581. The molecule has 1 aliphatic carbocycles. The summed E-state index contributed by atoms with van der Waals surface area (Å²) >= 11 is 1.22. The van der Waals surface area contributed by atoms with Crippen molar-refractivity contribution in [2.24, 2.45) is 0 Å². The number of hydrogen-bond donors (Lipinski definition) is 3. The third-order valence-electron chi connectivity index (χ3n) is 3.61. The van der Waals surface area contributed by atoms with Crippen LogP contribution < -0.4 is 10.9 Å². The summed E-state index contributed by atoms with van der Waals surface area (Å²) in [5.41, 5.74) is 0.192. The molecule has 0 spiro atoms. The van der Waals surface area contributed by atoms with E-state index in [0.29, 0.717) is 22.2 Å². The second-order valence-corrected chi connectivity index (χ2v) is 6.16. The number of carbonyl (C=O) groups excluding carboxylic acids is 1. The number of carbonyl (C=O) groups is 1. The summed E-state index contributed by atoms with van der Waals surface area (Å²) in [5.74, 6) is 0.235. The van der Waals surface area contributed by atoms with Crippen LogP contribution in [0.4, 0.5) is 0 Å². The van der Waals surface area contributed by atoms with E-state index in [2.05, 4.69) is 25.5 Å². The highest BCUT2D eigenvalue weighted by atomic mass is 32.2. The SMILES string of the molecule is O=C(CSc1nc2[nH]ncc2c(=O)[nH]1)NC1CCCCC1. The molecule has 0 unspecified atom stereocenters. The van der Waals surface area contributed by atoms with E-state index in [1.807, 2.05) is 0 Å². The molecule has 21 heavy (non-hydrogen) atoms. The van der Waals surface area contributed by atoms with Crippen LogP contribution in [0.1, 0.15) is 32.1 Å². The van der Waals surface area contributed by atoms with Gasteiger partial charge in [-0.05, 0) is 12.8 Å². The van der Waals surface area contributed by atoms with Crippen molar-refractivity contribution in [2.45, 2.75) is 43.3 Å². The van der Waals surface area contributed by atoms with Crippen molar-refractivity contribution in [3.05, 3.63) is 16.6 Å². The number of aromatic amines is 2. The van der Waals surface area contributed by atoms with Crippen LogP contribution in [0.25, 0.3) is 11.0 Å². The maximum Gasteiger partial charge on any atom is 0.262 e. The van der Waals surface area contributed by atoms with Gasteiger partial charge in [-0.1, -0.05) is 31.0 Å². The monoisotopic (exact) mass is 307 g/mol. The standard InChI is InChI=1S/C13H17N5O2S/c19-10(15-8-4-2-1-3-5-8)7-21-13-16-11-9(6-14-18-11)12(20)17-13/h6,8H,1-5,7H2,(H,15,19)(H2,14,16,17,18,20). The van der Waals surface area contributed by atoms with Gasteiger partial charge < -0.3 is 10.3 Å². The Morgan fingerprint density at radius 3 is 3.00 bits per heavy atom. The van der Waals surface area contributed by atoms with Crippen LogP contribution in [-0.2, 0) is 4.79 Å². The van der Waals surface area contributed by atoms with Crippen molar-refractivity contribution in [3.63, 3.8) is 0 Å². The largest absolute Gasteiger partial charge is 0.353 e. The number of rotatable bonds is 4. The lowest BCUT2D eigenvalue weighted by molar-refractivity contribution is -0.119. The Balaban J connectivity index is 1.58. The second kappa shape index (κ2) is 6.30. The Morgan fingerprint density at radius 1 is 1.38 bits per heavy atom. The Labute approximate surface area is 125 Å². The highest BCUT2D eigenvalue weighted by Crippen LogP contribution is 2.18. The lowest BCUT2D eigenvalue weighted by Gasteiger charge is -2.22. The van der Waals surface area contributed by atoms with E-state index in [9.17, 15) is 9.59 Å². The molecule has 3 N–H and O–H groups in total. The molecule has 112 valence electrons. The van der Waals surface area contributed by atoms with Gasteiger partial charge >= 0.3 is 0 Å². The summed E-state index contributed by atoms with van der Waals surface area (Å²) < 4.78 is 0. The smallest absolute Gasteiger partial charge is 0.262 e. The molecular formula is C13H17N5O2S. The second-order valence-electron chi connectivity index (χ2n) is 5.19. The molecule has 7 nitrogen and oxygen atoms in total. The van der Waals surface area contributed by atoms with Crippen LogP contribution in [-0.4, -0.2) is 37.9 Å². The third kappa shape index (κ3) is 3.44. The molecule has 1 aliphatic rings. The van der Waals surface area contributed by atoms with Crippen LogP contribution in [0.2, 0.25) is 0 Å². The van der Waals surface area contributed by atoms with Gasteiger partial charge in [0.25, 0.3) is 5.56 Å². The van der Waals surface area contributed by atoms with E-state index < -0.39 is 0 Å². The number of fused-ring (bicyclic) bond motifs is 1. The van der Waals surface area contributed by atoms with Crippen LogP contribution in [0.5, 0.6) is 0 Å². The molecule has 2 aromatic rings. The molecule has 0 radical (unpaired) electrons. The van der Waals surface area contributed by atoms with Crippen molar-refractivity contribution >= 4 is 28.7 Å². The third-order valence-corrected chi connectivity index (χ3v) is 4.48. The lowest BCUT2D eigenvalue weighted by Crippen LogP contribution is -2.37. The number of amides is 1. The maximum atomic E-state index is 11.9. The Morgan fingerprint density at radius 2 is 2.19 bits per heavy atom. The van der Waals surface area contributed by atoms with Crippen molar-refractivity contribution in [1.82, 2.24) is 25.5 Å². The molecular weight excluding hydrogens is 290 g/mol. The summed E-state index contributed by atoms with van der Waals surface area (Å²) in [6.45, 7) is 0. The van der Waals surface area contributed by atoms with Crippen molar-refractivity contribution in [1.29, 1.82) is 0 Å². The van der Waals surface area contributed by atoms with Crippen LogP contribution >= 0.6 is 11.8 Å². The molecule has 1 saturated carbocycles.